The molecule has 200 valence electrons. The molecule has 0 radical (unpaired) electrons. The van der Waals surface area contributed by atoms with E-state index in [4.69, 9.17) is 5.73 Å². The number of ketones is 1. The summed E-state index contributed by atoms with van der Waals surface area (Å²) in [7, 11) is 0. The maximum Gasteiger partial charge on any atom is 0.573 e. The lowest BCUT2D eigenvalue weighted by Crippen LogP contribution is -2.37. The van der Waals surface area contributed by atoms with Gasteiger partial charge in [-0.15, -0.1) is 13.2 Å². The number of rotatable bonds is 8. The first-order chi connectivity index (χ1) is 17.6. The first kappa shape index (κ1) is 27.1. The molecule has 5 nitrogen and oxygen atoms in total. The van der Waals surface area contributed by atoms with Gasteiger partial charge in [0, 0.05) is 17.0 Å². The summed E-state index contributed by atoms with van der Waals surface area (Å²) < 4.78 is 55.2. The number of primary amides is 1. The van der Waals surface area contributed by atoms with Crippen LogP contribution < -0.4 is 10.5 Å². The second-order valence-corrected chi connectivity index (χ2v) is 10.2. The zero-order chi connectivity index (χ0) is 26.6. The predicted octanol–water partition coefficient (Wildman–Crippen LogP) is 6.08. The molecule has 2 aliphatic rings. The van der Waals surface area contributed by atoms with Crippen molar-refractivity contribution in [2.75, 3.05) is 19.6 Å². The summed E-state index contributed by atoms with van der Waals surface area (Å²) in [5.41, 5.74) is 6.82. The second-order valence-electron chi connectivity index (χ2n) is 10.2. The molecule has 2 fully saturated rings. The van der Waals surface area contributed by atoms with E-state index in [0.29, 0.717) is 17.0 Å². The van der Waals surface area contributed by atoms with E-state index in [1.807, 2.05) is 0 Å². The molecule has 1 amide bonds. The first-order valence-corrected chi connectivity index (χ1v) is 12.8. The molecule has 9 heteroatoms. The molecular formula is C28H32F4N2O3. The number of benzene rings is 2. The fourth-order valence-corrected chi connectivity index (χ4v) is 5.70. The van der Waals surface area contributed by atoms with Crippen molar-refractivity contribution in [2.24, 2.45) is 17.6 Å². The van der Waals surface area contributed by atoms with Crippen molar-refractivity contribution in [3.8, 4) is 5.75 Å². The summed E-state index contributed by atoms with van der Waals surface area (Å²) in [4.78, 5) is 27.0. The molecule has 2 N–H and O–H groups in total. The van der Waals surface area contributed by atoms with E-state index in [9.17, 15) is 27.2 Å². The van der Waals surface area contributed by atoms with Gasteiger partial charge in [0.05, 0.1) is 0 Å². The highest BCUT2D eigenvalue weighted by molar-refractivity contribution is 5.97. The van der Waals surface area contributed by atoms with Gasteiger partial charge in [-0.25, -0.2) is 4.39 Å². The Balaban J connectivity index is 1.25. The molecule has 1 saturated heterocycles. The lowest BCUT2D eigenvalue weighted by Gasteiger charge is -2.34. The van der Waals surface area contributed by atoms with E-state index < -0.39 is 12.3 Å². The van der Waals surface area contributed by atoms with E-state index in [1.165, 1.54) is 24.3 Å². The number of hydrogen-bond acceptors (Lipinski definition) is 4. The van der Waals surface area contributed by atoms with Gasteiger partial charge in [0.2, 0.25) is 5.91 Å². The van der Waals surface area contributed by atoms with Crippen molar-refractivity contribution >= 4 is 11.7 Å². The Bertz CT molecular complexity index is 1090. The van der Waals surface area contributed by atoms with Gasteiger partial charge in [0.1, 0.15) is 11.6 Å². The molecule has 4 rings (SSSR count). The lowest BCUT2D eigenvalue weighted by atomic mass is 9.76. The van der Waals surface area contributed by atoms with Gasteiger partial charge in [-0.05, 0) is 124 Å². The number of nitrogens with zero attached hydrogens (tertiary/aromatic N) is 1. The Kier molecular flexibility index (Phi) is 8.52. The van der Waals surface area contributed by atoms with Crippen LogP contribution in [-0.4, -0.2) is 42.6 Å². The van der Waals surface area contributed by atoms with Gasteiger partial charge in [0.25, 0.3) is 0 Å². The Morgan fingerprint density at radius 3 is 2.19 bits per heavy atom. The molecule has 37 heavy (non-hydrogen) atoms. The molecule has 0 bridgehead atoms. The van der Waals surface area contributed by atoms with Crippen LogP contribution in [0.15, 0.2) is 42.5 Å². The van der Waals surface area contributed by atoms with Crippen LogP contribution in [-0.2, 0) is 0 Å². The number of carbonyl (C=O) groups excluding carboxylic acids is 2. The number of alkyl halides is 3. The van der Waals surface area contributed by atoms with Gasteiger partial charge in [-0.1, -0.05) is 0 Å². The fourth-order valence-electron chi connectivity index (χ4n) is 5.70. The average molecular weight is 521 g/mol. The SMILES string of the molecule is NC(=O)c1ccc(OC(F)(F)F)cc1C1CCC(CCN2CCC(C(=O)c3ccc(F)cc3)CC2)CC1. The highest BCUT2D eigenvalue weighted by atomic mass is 19.4. The van der Waals surface area contributed by atoms with Crippen molar-refractivity contribution in [3.63, 3.8) is 0 Å². The number of piperidine rings is 1. The van der Waals surface area contributed by atoms with Gasteiger partial charge in [-0.2, -0.15) is 0 Å². The van der Waals surface area contributed by atoms with E-state index in [0.717, 1.165) is 70.6 Å². The molecule has 1 heterocycles. The van der Waals surface area contributed by atoms with Gasteiger partial charge in [-0.3, -0.25) is 9.59 Å². The van der Waals surface area contributed by atoms with Crippen molar-refractivity contribution in [3.05, 3.63) is 65.0 Å². The van der Waals surface area contributed by atoms with Crippen molar-refractivity contribution < 1.29 is 31.9 Å². The molecule has 1 aliphatic heterocycles. The molecule has 2 aromatic rings. The third-order valence-corrected chi connectivity index (χ3v) is 7.75. The number of amides is 1. The summed E-state index contributed by atoms with van der Waals surface area (Å²) in [5.74, 6) is -0.831. The third kappa shape index (κ3) is 7.31. The largest absolute Gasteiger partial charge is 0.573 e. The minimum atomic E-state index is -4.80. The van der Waals surface area contributed by atoms with Crippen molar-refractivity contribution in [1.29, 1.82) is 0 Å². The number of likely N-dealkylation sites (tertiary alicyclic amines) is 1. The van der Waals surface area contributed by atoms with E-state index in [-0.39, 0.29) is 34.7 Å². The van der Waals surface area contributed by atoms with Gasteiger partial charge < -0.3 is 15.4 Å². The summed E-state index contributed by atoms with van der Waals surface area (Å²) >= 11 is 0. The molecule has 0 unspecified atom stereocenters. The maximum absolute atomic E-state index is 13.1. The first-order valence-electron chi connectivity index (χ1n) is 12.8. The van der Waals surface area contributed by atoms with Crippen LogP contribution in [0.5, 0.6) is 5.75 Å². The third-order valence-electron chi connectivity index (χ3n) is 7.75. The lowest BCUT2D eigenvalue weighted by molar-refractivity contribution is -0.274. The highest BCUT2D eigenvalue weighted by Crippen LogP contribution is 2.40. The number of carbonyl (C=O) groups is 2. The zero-order valence-electron chi connectivity index (χ0n) is 20.6. The van der Waals surface area contributed by atoms with E-state index >= 15 is 0 Å². The molecule has 2 aromatic carbocycles. The molecule has 0 atom stereocenters. The Hall–Kier alpha value is -2.94. The van der Waals surface area contributed by atoms with E-state index in [2.05, 4.69) is 9.64 Å². The monoisotopic (exact) mass is 520 g/mol. The van der Waals surface area contributed by atoms with Crippen LogP contribution in [0.2, 0.25) is 0 Å². The van der Waals surface area contributed by atoms with Crippen LogP contribution in [0, 0.1) is 17.7 Å². The van der Waals surface area contributed by atoms with Crippen LogP contribution in [0.25, 0.3) is 0 Å². The van der Waals surface area contributed by atoms with Crippen LogP contribution in [0.1, 0.15) is 77.1 Å². The van der Waals surface area contributed by atoms with Crippen molar-refractivity contribution in [1.82, 2.24) is 4.90 Å². The zero-order valence-corrected chi connectivity index (χ0v) is 20.6. The maximum atomic E-state index is 13.1. The number of Topliss-reactive ketones (excluding diaryl/α,β-unsaturated/α-hetero) is 1. The number of hydrogen-bond donors (Lipinski definition) is 1. The summed E-state index contributed by atoms with van der Waals surface area (Å²) in [6.07, 6.45) is 1.18. The van der Waals surface area contributed by atoms with Crippen LogP contribution in [0.3, 0.4) is 0 Å². The number of nitrogens with two attached hydrogens (primary N) is 1. The molecule has 1 aliphatic carbocycles. The normalized spacial score (nSPS) is 21.5. The van der Waals surface area contributed by atoms with Crippen molar-refractivity contribution in [2.45, 2.75) is 57.2 Å². The number of ether oxygens (including phenoxy) is 1. The molecule has 0 spiro atoms. The topological polar surface area (TPSA) is 72.6 Å². The summed E-state index contributed by atoms with van der Waals surface area (Å²) in [5, 5.41) is 0. The quantitative estimate of drug-likeness (QED) is 0.338. The van der Waals surface area contributed by atoms with Crippen LogP contribution >= 0.6 is 0 Å². The Morgan fingerprint density at radius 1 is 0.946 bits per heavy atom. The standard InChI is InChI=1S/C28H32F4N2O3/c29-22-7-5-20(6-8-22)26(35)21-12-15-34(16-13-21)14-11-18-1-3-19(4-2-18)25-17-23(37-28(30,31)32)9-10-24(25)27(33)36/h5-10,17-19,21H,1-4,11-16H2,(H2,33,36). The van der Waals surface area contributed by atoms with Gasteiger partial charge in [0.15, 0.2) is 5.78 Å². The second kappa shape index (κ2) is 11.6. The predicted molar refractivity (Wildman–Crippen MR) is 131 cm³/mol. The minimum absolute atomic E-state index is 0.0336. The smallest absolute Gasteiger partial charge is 0.406 e. The molecule has 0 aromatic heterocycles. The average Bonchev–Trinajstić information content (AvgIpc) is 2.87. The van der Waals surface area contributed by atoms with E-state index in [1.54, 1.807) is 12.1 Å². The minimum Gasteiger partial charge on any atom is -0.406 e. The number of halogens is 4. The fraction of sp³-hybridized carbons (Fsp3) is 0.500. The summed E-state index contributed by atoms with van der Waals surface area (Å²) in [6.45, 7) is 2.63. The van der Waals surface area contributed by atoms with Gasteiger partial charge >= 0.3 is 6.36 Å². The van der Waals surface area contributed by atoms with Crippen LogP contribution in [0.4, 0.5) is 17.6 Å². The Labute approximate surface area is 214 Å². The summed E-state index contributed by atoms with van der Waals surface area (Å²) in [6, 6.07) is 9.47. The highest BCUT2D eigenvalue weighted by Gasteiger charge is 2.33. The Morgan fingerprint density at radius 2 is 1.59 bits per heavy atom. The molecular weight excluding hydrogens is 488 g/mol. The molecule has 1 saturated carbocycles.